The minimum atomic E-state index is 0.429. The summed E-state index contributed by atoms with van der Waals surface area (Å²) < 4.78 is 4.30. The molecule has 0 fully saturated rings. The number of aromatic amines is 2. The highest BCUT2D eigenvalue weighted by atomic mass is 32.1. The van der Waals surface area contributed by atoms with Crippen LogP contribution in [0.4, 0.5) is 0 Å². The second kappa shape index (κ2) is 6.43. The third-order valence-corrected chi connectivity index (χ3v) is 4.13. The maximum atomic E-state index is 5.12. The van der Waals surface area contributed by atoms with Gasteiger partial charge in [0.15, 0.2) is 0 Å². The van der Waals surface area contributed by atoms with Crippen LogP contribution >= 0.6 is 24.4 Å². The topological polar surface area (TPSA) is 66.7 Å². The van der Waals surface area contributed by atoms with Crippen LogP contribution in [0, 0.1) is 23.4 Å². The lowest BCUT2D eigenvalue weighted by atomic mass is 10.2. The number of nitrogens with one attached hydrogen (secondary N) is 2. The molecule has 2 N–H and O–H groups in total. The lowest BCUT2D eigenvalue weighted by molar-refractivity contribution is 0.659. The molecule has 118 valence electrons. The highest BCUT2D eigenvalue weighted by Crippen LogP contribution is 2.13. The van der Waals surface area contributed by atoms with Crippen molar-refractivity contribution in [3.8, 4) is 0 Å². The highest BCUT2D eigenvalue weighted by molar-refractivity contribution is 7.72. The molecule has 1 aromatic carbocycles. The van der Waals surface area contributed by atoms with Crippen LogP contribution in [0.1, 0.15) is 22.5 Å². The van der Waals surface area contributed by atoms with E-state index in [2.05, 4.69) is 32.5 Å². The van der Waals surface area contributed by atoms with Crippen molar-refractivity contribution in [3.05, 3.63) is 62.4 Å². The van der Waals surface area contributed by atoms with Gasteiger partial charge in [-0.2, -0.15) is 14.9 Å². The van der Waals surface area contributed by atoms with Crippen molar-refractivity contribution in [2.75, 3.05) is 0 Å². The fraction of sp³-hybridized carbons (Fsp3) is 0.200. The van der Waals surface area contributed by atoms with Gasteiger partial charge in [-0.15, -0.1) is 0 Å². The van der Waals surface area contributed by atoms with Gasteiger partial charge >= 0.3 is 0 Å². The molecule has 6 nitrogen and oxygen atoms in total. The van der Waals surface area contributed by atoms with Gasteiger partial charge in [0.25, 0.3) is 0 Å². The Morgan fingerprint density at radius 3 is 2.43 bits per heavy atom. The van der Waals surface area contributed by atoms with E-state index in [0.29, 0.717) is 9.54 Å². The molecule has 0 aliphatic heterocycles. The molecular weight excluding hydrogens is 328 g/mol. The molecule has 0 aliphatic rings. The first-order valence-corrected chi connectivity index (χ1v) is 7.90. The predicted molar refractivity (Wildman–Crippen MR) is 95.0 cm³/mol. The van der Waals surface area contributed by atoms with Crippen LogP contribution < -0.4 is 0 Å². The van der Waals surface area contributed by atoms with E-state index in [1.807, 2.05) is 36.7 Å². The van der Waals surface area contributed by atoms with Gasteiger partial charge in [0, 0.05) is 11.3 Å². The number of nitrogens with zero attached hydrogens (tertiary/aromatic N) is 4. The van der Waals surface area contributed by atoms with Gasteiger partial charge in [-0.05, 0) is 43.8 Å². The molecule has 0 radical (unpaired) electrons. The number of benzene rings is 1. The fourth-order valence-electron chi connectivity index (χ4n) is 2.33. The van der Waals surface area contributed by atoms with Gasteiger partial charge in [-0.3, -0.25) is 14.9 Å². The SMILES string of the molecule is Cc1nn(Cc2ccccc2)c(C)c1/C=N\n1c(=S)[nH][nH]c1=S. The molecule has 0 saturated carbocycles. The quantitative estimate of drug-likeness (QED) is 0.563. The van der Waals surface area contributed by atoms with Crippen molar-refractivity contribution in [2.24, 2.45) is 5.10 Å². The molecule has 0 bridgehead atoms. The van der Waals surface area contributed by atoms with E-state index < -0.39 is 0 Å². The second-order valence-electron chi connectivity index (χ2n) is 5.14. The summed E-state index contributed by atoms with van der Waals surface area (Å²) in [7, 11) is 0. The van der Waals surface area contributed by atoms with Gasteiger partial charge in [0.2, 0.25) is 9.54 Å². The van der Waals surface area contributed by atoms with E-state index >= 15 is 0 Å². The summed E-state index contributed by atoms with van der Waals surface area (Å²) in [6, 6.07) is 10.2. The average molecular weight is 344 g/mol. The standard InChI is InChI=1S/C15H16N6S2/c1-10-13(8-16-21-14(22)17-18-15(21)23)11(2)20(19-10)9-12-6-4-3-5-7-12/h3-8H,9H2,1-2H3,(H,17,22)(H,18,23)/b16-8-. The van der Waals surface area contributed by atoms with Crippen molar-refractivity contribution < 1.29 is 0 Å². The summed E-state index contributed by atoms with van der Waals surface area (Å²) in [5.74, 6) is 0. The zero-order chi connectivity index (χ0) is 16.4. The number of H-pyrrole nitrogens is 2. The third-order valence-electron chi connectivity index (χ3n) is 3.58. The summed E-state index contributed by atoms with van der Waals surface area (Å²) in [5, 5.41) is 14.5. The van der Waals surface area contributed by atoms with Crippen LogP contribution in [0.5, 0.6) is 0 Å². The summed E-state index contributed by atoms with van der Waals surface area (Å²) in [6.07, 6.45) is 1.74. The molecule has 0 unspecified atom stereocenters. The van der Waals surface area contributed by atoms with Crippen LogP contribution in [0.3, 0.4) is 0 Å². The highest BCUT2D eigenvalue weighted by Gasteiger charge is 2.10. The van der Waals surface area contributed by atoms with Crippen molar-refractivity contribution in [1.82, 2.24) is 24.7 Å². The summed E-state index contributed by atoms with van der Waals surface area (Å²) in [6.45, 7) is 4.72. The number of hydrogen-bond acceptors (Lipinski definition) is 4. The second-order valence-corrected chi connectivity index (χ2v) is 5.92. The molecule has 0 saturated heterocycles. The number of rotatable bonds is 4. The zero-order valence-corrected chi connectivity index (χ0v) is 14.4. The van der Waals surface area contributed by atoms with Gasteiger partial charge < -0.3 is 0 Å². The van der Waals surface area contributed by atoms with Crippen LogP contribution in [-0.2, 0) is 6.54 Å². The molecule has 8 heteroatoms. The molecule has 0 atom stereocenters. The first-order chi connectivity index (χ1) is 11.1. The van der Waals surface area contributed by atoms with E-state index in [1.54, 1.807) is 6.21 Å². The van der Waals surface area contributed by atoms with Crippen LogP contribution in [0.25, 0.3) is 0 Å². The van der Waals surface area contributed by atoms with E-state index in [1.165, 1.54) is 10.2 Å². The Balaban J connectivity index is 1.92. The first-order valence-electron chi connectivity index (χ1n) is 7.08. The van der Waals surface area contributed by atoms with E-state index in [4.69, 9.17) is 24.4 Å². The van der Waals surface area contributed by atoms with Gasteiger partial charge in [0.1, 0.15) is 0 Å². The van der Waals surface area contributed by atoms with Crippen molar-refractivity contribution in [1.29, 1.82) is 0 Å². The first kappa shape index (κ1) is 15.6. The minimum absolute atomic E-state index is 0.429. The molecule has 2 aromatic heterocycles. The number of hydrogen-bond donors (Lipinski definition) is 2. The minimum Gasteiger partial charge on any atom is -0.273 e. The summed E-state index contributed by atoms with van der Waals surface area (Å²) >= 11 is 10.2. The number of aryl methyl sites for hydroxylation is 1. The van der Waals surface area contributed by atoms with E-state index in [0.717, 1.165) is 23.5 Å². The summed E-state index contributed by atoms with van der Waals surface area (Å²) in [5.41, 5.74) is 4.14. The van der Waals surface area contributed by atoms with Crippen molar-refractivity contribution in [2.45, 2.75) is 20.4 Å². The Morgan fingerprint density at radius 1 is 1.13 bits per heavy atom. The monoisotopic (exact) mass is 344 g/mol. The third kappa shape index (κ3) is 3.22. The predicted octanol–water partition coefficient (Wildman–Crippen LogP) is 3.35. The molecule has 0 aliphatic carbocycles. The van der Waals surface area contributed by atoms with E-state index in [-0.39, 0.29) is 0 Å². The maximum absolute atomic E-state index is 5.12. The van der Waals surface area contributed by atoms with Crippen LogP contribution in [-0.4, -0.2) is 30.9 Å². The number of aromatic nitrogens is 5. The zero-order valence-electron chi connectivity index (χ0n) is 12.8. The van der Waals surface area contributed by atoms with Crippen LogP contribution in [0.2, 0.25) is 0 Å². The van der Waals surface area contributed by atoms with Gasteiger partial charge in [0.05, 0.1) is 18.5 Å². The Hall–Kier alpha value is -2.32. The lowest BCUT2D eigenvalue weighted by Crippen LogP contribution is -2.04. The van der Waals surface area contributed by atoms with Crippen molar-refractivity contribution >= 4 is 30.7 Å². The normalized spacial score (nSPS) is 11.4. The van der Waals surface area contributed by atoms with Gasteiger partial charge in [-0.25, -0.2) is 0 Å². The maximum Gasteiger partial charge on any atom is 0.215 e. The Morgan fingerprint density at radius 2 is 1.78 bits per heavy atom. The molecule has 3 rings (SSSR count). The molecule has 23 heavy (non-hydrogen) atoms. The molecule has 3 aromatic rings. The molecule has 2 heterocycles. The van der Waals surface area contributed by atoms with Crippen LogP contribution in [0.15, 0.2) is 35.4 Å². The molecule has 0 amide bonds. The smallest absolute Gasteiger partial charge is 0.215 e. The molecular formula is C15H16N6S2. The largest absolute Gasteiger partial charge is 0.273 e. The summed E-state index contributed by atoms with van der Waals surface area (Å²) in [4.78, 5) is 0. The fourth-order valence-corrected chi connectivity index (χ4v) is 2.77. The Kier molecular flexibility index (Phi) is 4.35. The van der Waals surface area contributed by atoms with Crippen molar-refractivity contribution in [3.63, 3.8) is 0 Å². The van der Waals surface area contributed by atoms with E-state index in [9.17, 15) is 0 Å². The lowest BCUT2D eigenvalue weighted by Gasteiger charge is -2.04. The molecule has 0 spiro atoms. The Labute approximate surface area is 143 Å². The Bertz CT molecular complexity index is 931. The average Bonchev–Trinajstić information content (AvgIpc) is 2.99. The van der Waals surface area contributed by atoms with Gasteiger partial charge in [-0.1, -0.05) is 30.3 Å².